The second-order valence-corrected chi connectivity index (χ2v) is 16.8. The number of nitrogens with zero attached hydrogens (tertiary/aromatic N) is 1. The third kappa shape index (κ3) is 6.12. The van der Waals surface area contributed by atoms with Crippen LogP contribution in [0.1, 0.15) is 0 Å². The van der Waals surface area contributed by atoms with E-state index in [1.807, 2.05) is 6.07 Å². The highest BCUT2D eigenvalue weighted by Crippen LogP contribution is 2.48. The molecule has 0 saturated heterocycles. The van der Waals surface area contributed by atoms with E-state index in [9.17, 15) is 0 Å². The van der Waals surface area contributed by atoms with Gasteiger partial charge >= 0.3 is 0 Å². The fourth-order valence-corrected chi connectivity index (χ4v) is 9.99. The predicted octanol–water partition coefficient (Wildman–Crippen LogP) is 17.9. The zero-order valence-corrected chi connectivity index (χ0v) is 35.3. The first kappa shape index (κ1) is 36.9. The normalized spacial score (nSPS) is 11.7. The molecule has 65 heavy (non-hydrogen) atoms. The SMILES string of the molecule is c1ccc(-c2ccc(-c3ccc(N(c4ccc(-c5cccc6oc7c(-c8ccccc8)cccc7c56)cc4)c4ccc5c(ccc6ccccc65)c4)c4c3oc3ccccc34)cc2)cc1. The summed E-state index contributed by atoms with van der Waals surface area (Å²) in [4.78, 5) is 2.39. The predicted molar refractivity (Wildman–Crippen MR) is 272 cm³/mol. The molecule has 0 bridgehead atoms. The van der Waals surface area contributed by atoms with Gasteiger partial charge in [0, 0.05) is 38.7 Å². The van der Waals surface area contributed by atoms with Crippen molar-refractivity contribution in [3.8, 4) is 44.5 Å². The standard InChI is InChI=1S/C62H39NO2/c1-3-13-40(14-4-1)41-25-27-45(28-26-41)53-37-38-56(60-54-19-9-10-23-57(54)64-62(53)60)63(48-35-36-50-46(39-48)30-29-43-17-7-8-18-49(43)50)47-33-31-44(32-34-47)51-20-12-24-58-59(51)55-22-11-21-52(61(55)65-58)42-15-5-2-6-16-42/h1-39H. The maximum atomic E-state index is 6.88. The summed E-state index contributed by atoms with van der Waals surface area (Å²) in [5.74, 6) is 0. The van der Waals surface area contributed by atoms with E-state index in [-0.39, 0.29) is 0 Å². The fourth-order valence-electron chi connectivity index (χ4n) is 9.99. The molecule has 11 aromatic carbocycles. The summed E-state index contributed by atoms with van der Waals surface area (Å²) >= 11 is 0. The van der Waals surface area contributed by atoms with E-state index in [0.29, 0.717) is 0 Å². The minimum atomic E-state index is 0.855. The average Bonchev–Trinajstić information content (AvgIpc) is 3.97. The minimum Gasteiger partial charge on any atom is -0.455 e. The quantitative estimate of drug-likeness (QED) is 0.150. The van der Waals surface area contributed by atoms with E-state index >= 15 is 0 Å². The third-order valence-corrected chi connectivity index (χ3v) is 13.1. The largest absolute Gasteiger partial charge is 0.455 e. The first-order valence-electron chi connectivity index (χ1n) is 22.2. The fraction of sp³-hybridized carbons (Fsp3) is 0. The minimum absolute atomic E-state index is 0.855. The molecule has 2 heterocycles. The molecule has 2 aromatic heterocycles. The van der Waals surface area contributed by atoms with Crippen molar-refractivity contribution in [1.29, 1.82) is 0 Å². The van der Waals surface area contributed by atoms with Crippen molar-refractivity contribution in [1.82, 2.24) is 0 Å². The van der Waals surface area contributed by atoms with Crippen molar-refractivity contribution in [2.45, 2.75) is 0 Å². The van der Waals surface area contributed by atoms with Crippen LogP contribution < -0.4 is 4.90 Å². The molecule has 0 aliphatic heterocycles. The maximum absolute atomic E-state index is 6.88. The molecule has 0 aliphatic carbocycles. The van der Waals surface area contributed by atoms with Gasteiger partial charge in [0.1, 0.15) is 22.3 Å². The zero-order chi connectivity index (χ0) is 42.8. The molecule has 13 aromatic rings. The molecule has 304 valence electrons. The van der Waals surface area contributed by atoms with Crippen LogP contribution in [0.25, 0.3) is 110 Å². The number of hydrogen-bond donors (Lipinski definition) is 0. The van der Waals surface area contributed by atoms with Crippen LogP contribution in [-0.4, -0.2) is 0 Å². The molecule has 0 N–H and O–H groups in total. The van der Waals surface area contributed by atoms with Gasteiger partial charge in [-0.15, -0.1) is 0 Å². The number of hydrogen-bond acceptors (Lipinski definition) is 3. The van der Waals surface area contributed by atoms with Crippen LogP contribution >= 0.6 is 0 Å². The van der Waals surface area contributed by atoms with Crippen LogP contribution in [0.3, 0.4) is 0 Å². The lowest BCUT2D eigenvalue weighted by atomic mass is 9.96. The van der Waals surface area contributed by atoms with Crippen LogP contribution in [0.4, 0.5) is 17.1 Å². The van der Waals surface area contributed by atoms with Gasteiger partial charge in [-0.25, -0.2) is 0 Å². The molecule has 0 saturated carbocycles. The second-order valence-electron chi connectivity index (χ2n) is 16.8. The maximum Gasteiger partial charge on any atom is 0.145 e. The molecule has 3 heteroatoms. The van der Waals surface area contributed by atoms with E-state index in [0.717, 1.165) is 94.3 Å². The molecule has 0 aliphatic rings. The van der Waals surface area contributed by atoms with Crippen LogP contribution in [0.2, 0.25) is 0 Å². The zero-order valence-electron chi connectivity index (χ0n) is 35.3. The summed E-state index contributed by atoms with van der Waals surface area (Å²) < 4.78 is 13.5. The number of anilines is 3. The van der Waals surface area contributed by atoms with Crippen LogP contribution in [0.5, 0.6) is 0 Å². The molecule has 0 fully saturated rings. The van der Waals surface area contributed by atoms with Crippen molar-refractivity contribution in [3.05, 3.63) is 237 Å². The molecule has 0 amide bonds. The summed E-state index contributed by atoms with van der Waals surface area (Å²) in [5, 5.41) is 9.25. The lowest BCUT2D eigenvalue weighted by Gasteiger charge is -2.27. The summed E-state index contributed by atoms with van der Waals surface area (Å²) in [6.07, 6.45) is 0. The van der Waals surface area contributed by atoms with Gasteiger partial charge in [0.05, 0.1) is 11.1 Å². The van der Waals surface area contributed by atoms with Gasteiger partial charge in [0.25, 0.3) is 0 Å². The molecule has 0 spiro atoms. The molecule has 0 atom stereocenters. The van der Waals surface area contributed by atoms with Crippen molar-refractivity contribution in [2.75, 3.05) is 4.90 Å². The molecule has 3 nitrogen and oxygen atoms in total. The van der Waals surface area contributed by atoms with Gasteiger partial charge in [-0.1, -0.05) is 188 Å². The van der Waals surface area contributed by atoms with Gasteiger partial charge in [0.2, 0.25) is 0 Å². The molecular weight excluding hydrogens is 791 g/mol. The third-order valence-electron chi connectivity index (χ3n) is 13.1. The Morgan fingerprint density at radius 3 is 1.65 bits per heavy atom. The molecular formula is C62H39NO2. The lowest BCUT2D eigenvalue weighted by Crippen LogP contribution is -2.10. The number of para-hydroxylation sites is 2. The van der Waals surface area contributed by atoms with E-state index in [2.05, 4.69) is 235 Å². The number of furan rings is 2. The first-order valence-corrected chi connectivity index (χ1v) is 22.2. The van der Waals surface area contributed by atoms with Gasteiger partial charge < -0.3 is 13.7 Å². The monoisotopic (exact) mass is 829 g/mol. The number of rotatable bonds is 7. The Bertz CT molecular complexity index is 3920. The van der Waals surface area contributed by atoms with Crippen molar-refractivity contribution in [3.63, 3.8) is 0 Å². The molecule has 13 rings (SSSR count). The Kier molecular flexibility index (Phi) is 8.53. The van der Waals surface area contributed by atoms with E-state index in [1.54, 1.807) is 0 Å². The summed E-state index contributed by atoms with van der Waals surface area (Å²) in [6, 6.07) is 84.5. The highest BCUT2D eigenvalue weighted by molar-refractivity contribution is 6.18. The Labute approximate surface area is 375 Å². The highest BCUT2D eigenvalue weighted by atomic mass is 16.3. The molecule has 0 unspecified atom stereocenters. The highest BCUT2D eigenvalue weighted by Gasteiger charge is 2.23. The van der Waals surface area contributed by atoms with Crippen molar-refractivity contribution in [2.24, 2.45) is 0 Å². The van der Waals surface area contributed by atoms with Crippen molar-refractivity contribution < 1.29 is 8.83 Å². The van der Waals surface area contributed by atoms with Gasteiger partial charge in [-0.2, -0.15) is 0 Å². The topological polar surface area (TPSA) is 29.5 Å². The van der Waals surface area contributed by atoms with E-state index < -0.39 is 0 Å². The van der Waals surface area contributed by atoms with Gasteiger partial charge in [0.15, 0.2) is 0 Å². The Hall–Kier alpha value is -8.66. The second kappa shape index (κ2) is 15.0. The Morgan fingerprint density at radius 2 is 0.815 bits per heavy atom. The summed E-state index contributed by atoms with van der Waals surface area (Å²) in [7, 11) is 0. The average molecular weight is 830 g/mol. The Morgan fingerprint density at radius 1 is 0.277 bits per heavy atom. The first-order chi connectivity index (χ1) is 32.2. The van der Waals surface area contributed by atoms with Gasteiger partial charge in [-0.05, 0) is 103 Å². The van der Waals surface area contributed by atoms with Gasteiger partial charge in [-0.3, -0.25) is 0 Å². The smallest absolute Gasteiger partial charge is 0.145 e. The number of benzene rings is 11. The van der Waals surface area contributed by atoms with E-state index in [4.69, 9.17) is 8.83 Å². The summed E-state index contributed by atoms with van der Waals surface area (Å²) in [5.41, 5.74) is 15.6. The van der Waals surface area contributed by atoms with Crippen molar-refractivity contribution >= 4 is 82.5 Å². The van der Waals surface area contributed by atoms with E-state index in [1.165, 1.54) is 32.7 Å². The molecule has 0 radical (unpaired) electrons. The summed E-state index contributed by atoms with van der Waals surface area (Å²) in [6.45, 7) is 0. The van der Waals surface area contributed by atoms with Crippen LogP contribution in [0.15, 0.2) is 245 Å². The Balaban J connectivity index is 0.991. The number of fused-ring (bicyclic) bond motifs is 9. The van der Waals surface area contributed by atoms with Crippen LogP contribution in [-0.2, 0) is 0 Å². The lowest BCUT2D eigenvalue weighted by molar-refractivity contribution is 0.669. The van der Waals surface area contributed by atoms with Crippen LogP contribution in [0, 0.1) is 0 Å².